The van der Waals surface area contributed by atoms with Crippen molar-refractivity contribution >= 4 is 5.84 Å². The molecule has 3 N–H and O–H groups in total. The Kier molecular flexibility index (Phi) is 2.54. The summed E-state index contributed by atoms with van der Waals surface area (Å²) in [6.45, 7) is 0. The minimum atomic E-state index is 0.381. The van der Waals surface area contributed by atoms with Crippen LogP contribution in [0.3, 0.4) is 0 Å². The molecule has 1 fully saturated rings. The highest BCUT2D eigenvalue weighted by atomic mass is 16.4. The van der Waals surface area contributed by atoms with E-state index in [2.05, 4.69) is 5.16 Å². The van der Waals surface area contributed by atoms with E-state index >= 15 is 0 Å². The Morgan fingerprint density at radius 1 is 1.50 bits per heavy atom. The first-order valence-corrected chi connectivity index (χ1v) is 3.79. The third-order valence-electron chi connectivity index (χ3n) is 2.10. The molecule has 0 amide bonds. The molecule has 10 heavy (non-hydrogen) atoms. The van der Waals surface area contributed by atoms with Gasteiger partial charge >= 0.3 is 0 Å². The van der Waals surface area contributed by atoms with E-state index in [1.807, 2.05) is 0 Å². The van der Waals surface area contributed by atoms with Crippen LogP contribution in [0.2, 0.25) is 0 Å². The standard InChI is InChI=1S/C7H14N2O/c8-7(9-10)5-6-3-1-2-4-6/h6,10H,1-5H2,(H2,8,9). The van der Waals surface area contributed by atoms with Crippen molar-refractivity contribution in [3.8, 4) is 0 Å². The van der Waals surface area contributed by atoms with Crippen LogP contribution in [0.5, 0.6) is 0 Å². The van der Waals surface area contributed by atoms with Crippen molar-refractivity contribution in [2.24, 2.45) is 16.8 Å². The zero-order valence-corrected chi connectivity index (χ0v) is 6.08. The molecule has 3 nitrogen and oxygen atoms in total. The fourth-order valence-corrected chi connectivity index (χ4v) is 1.55. The Balaban J connectivity index is 2.24. The van der Waals surface area contributed by atoms with Crippen molar-refractivity contribution in [3.05, 3.63) is 0 Å². The first-order valence-electron chi connectivity index (χ1n) is 3.79. The van der Waals surface area contributed by atoms with E-state index in [1.165, 1.54) is 25.7 Å². The highest BCUT2D eigenvalue weighted by molar-refractivity contribution is 5.79. The van der Waals surface area contributed by atoms with Crippen LogP contribution in [0, 0.1) is 5.92 Å². The Hall–Kier alpha value is -0.730. The van der Waals surface area contributed by atoms with Crippen molar-refractivity contribution in [1.82, 2.24) is 0 Å². The maximum absolute atomic E-state index is 8.26. The van der Waals surface area contributed by atoms with E-state index in [0.29, 0.717) is 11.8 Å². The van der Waals surface area contributed by atoms with Gasteiger partial charge in [0.25, 0.3) is 0 Å². The van der Waals surface area contributed by atoms with Gasteiger partial charge in [-0.3, -0.25) is 0 Å². The number of oxime groups is 1. The molecular weight excluding hydrogens is 128 g/mol. The molecule has 0 aromatic heterocycles. The summed E-state index contributed by atoms with van der Waals surface area (Å²) >= 11 is 0. The zero-order valence-electron chi connectivity index (χ0n) is 6.08. The molecule has 0 bridgehead atoms. The SMILES string of the molecule is N/C(CC1CCCC1)=N/O. The van der Waals surface area contributed by atoms with Crippen LogP contribution in [0.1, 0.15) is 32.1 Å². The smallest absolute Gasteiger partial charge is 0.139 e. The Morgan fingerprint density at radius 3 is 2.60 bits per heavy atom. The van der Waals surface area contributed by atoms with Gasteiger partial charge in [0, 0.05) is 6.42 Å². The molecule has 1 rings (SSSR count). The van der Waals surface area contributed by atoms with Crippen LogP contribution >= 0.6 is 0 Å². The number of rotatable bonds is 2. The van der Waals surface area contributed by atoms with Crippen LogP contribution in [0.4, 0.5) is 0 Å². The Morgan fingerprint density at radius 2 is 2.10 bits per heavy atom. The van der Waals surface area contributed by atoms with Crippen molar-refractivity contribution in [1.29, 1.82) is 0 Å². The summed E-state index contributed by atoms with van der Waals surface area (Å²) in [7, 11) is 0. The number of hydrogen-bond acceptors (Lipinski definition) is 2. The van der Waals surface area contributed by atoms with Crippen LogP contribution < -0.4 is 5.73 Å². The van der Waals surface area contributed by atoms with E-state index in [4.69, 9.17) is 10.9 Å². The summed E-state index contributed by atoms with van der Waals surface area (Å²) in [5, 5.41) is 11.2. The molecule has 0 atom stereocenters. The topological polar surface area (TPSA) is 58.6 Å². The van der Waals surface area contributed by atoms with E-state index in [1.54, 1.807) is 0 Å². The molecule has 0 saturated heterocycles. The van der Waals surface area contributed by atoms with Crippen molar-refractivity contribution in [3.63, 3.8) is 0 Å². The molecule has 0 aromatic carbocycles. The quantitative estimate of drug-likeness (QED) is 0.264. The minimum Gasteiger partial charge on any atom is -0.409 e. The first-order chi connectivity index (χ1) is 4.83. The molecule has 1 saturated carbocycles. The molecule has 0 heterocycles. The number of hydrogen-bond donors (Lipinski definition) is 2. The number of nitrogens with two attached hydrogens (primary N) is 1. The van der Waals surface area contributed by atoms with Crippen LogP contribution in [0.15, 0.2) is 5.16 Å². The van der Waals surface area contributed by atoms with E-state index in [0.717, 1.165) is 6.42 Å². The minimum absolute atomic E-state index is 0.381. The lowest BCUT2D eigenvalue weighted by atomic mass is 10.0. The largest absolute Gasteiger partial charge is 0.409 e. The maximum atomic E-state index is 8.26. The van der Waals surface area contributed by atoms with Gasteiger partial charge in [0.15, 0.2) is 0 Å². The fraction of sp³-hybridized carbons (Fsp3) is 0.857. The average Bonchev–Trinajstić information content (AvgIpc) is 2.40. The van der Waals surface area contributed by atoms with Gasteiger partial charge in [0.1, 0.15) is 5.84 Å². The first kappa shape index (κ1) is 7.38. The summed E-state index contributed by atoms with van der Waals surface area (Å²) in [5.41, 5.74) is 5.35. The second kappa shape index (κ2) is 3.44. The summed E-state index contributed by atoms with van der Waals surface area (Å²) < 4.78 is 0. The number of nitrogens with zero attached hydrogens (tertiary/aromatic N) is 1. The van der Waals surface area contributed by atoms with Gasteiger partial charge in [0.2, 0.25) is 0 Å². The average molecular weight is 142 g/mol. The molecule has 58 valence electrons. The highest BCUT2D eigenvalue weighted by Gasteiger charge is 2.15. The maximum Gasteiger partial charge on any atom is 0.139 e. The highest BCUT2D eigenvalue weighted by Crippen LogP contribution is 2.27. The summed E-state index contributed by atoms with van der Waals surface area (Å²) in [4.78, 5) is 0. The lowest BCUT2D eigenvalue weighted by Crippen LogP contribution is -2.15. The molecule has 1 aliphatic carbocycles. The molecule has 0 unspecified atom stereocenters. The van der Waals surface area contributed by atoms with Crippen molar-refractivity contribution in [2.45, 2.75) is 32.1 Å². The molecular formula is C7H14N2O. The normalized spacial score (nSPS) is 21.8. The van der Waals surface area contributed by atoms with Crippen LogP contribution in [-0.2, 0) is 0 Å². The Labute approximate surface area is 60.9 Å². The fourth-order valence-electron chi connectivity index (χ4n) is 1.55. The molecule has 0 aliphatic heterocycles. The van der Waals surface area contributed by atoms with Gasteiger partial charge in [-0.15, -0.1) is 0 Å². The van der Waals surface area contributed by atoms with Gasteiger partial charge < -0.3 is 10.9 Å². The lowest BCUT2D eigenvalue weighted by Gasteiger charge is -2.05. The second-order valence-corrected chi connectivity index (χ2v) is 2.95. The van der Waals surface area contributed by atoms with Gasteiger partial charge in [-0.25, -0.2) is 0 Å². The zero-order chi connectivity index (χ0) is 7.40. The predicted octanol–water partition coefficient (Wildman–Crippen LogP) is 1.31. The predicted molar refractivity (Wildman–Crippen MR) is 40.0 cm³/mol. The number of amidine groups is 1. The Bertz CT molecular complexity index is 128. The van der Waals surface area contributed by atoms with Crippen molar-refractivity contribution < 1.29 is 5.21 Å². The van der Waals surface area contributed by atoms with Crippen LogP contribution in [-0.4, -0.2) is 11.0 Å². The molecule has 0 aromatic rings. The molecule has 1 aliphatic rings. The van der Waals surface area contributed by atoms with Gasteiger partial charge in [0.05, 0.1) is 0 Å². The third kappa shape index (κ3) is 1.90. The second-order valence-electron chi connectivity index (χ2n) is 2.95. The van der Waals surface area contributed by atoms with Crippen LogP contribution in [0.25, 0.3) is 0 Å². The summed E-state index contributed by atoms with van der Waals surface area (Å²) in [6.07, 6.45) is 5.88. The monoisotopic (exact) mass is 142 g/mol. The van der Waals surface area contributed by atoms with E-state index in [9.17, 15) is 0 Å². The molecule has 0 radical (unpaired) electrons. The van der Waals surface area contributed by atoms with Gasteiger partial charge in [-0.05, 0) is 5.92 Å². The van der Waals surface area contributed by atoms with Crippen molar-refractivity contribution in [2.75, 3.05) is 0 Å². The lowest BCUT2D eigenvalue weighted by molar-refractivity contribution is 0.315. The third-order valence-corrected chi connectivity index (χ3v) is 2.10. The van der Waals surface area contributed by atoms with E-state index < -0.39 is 0 Å². The summed E-state index contributed by atoms with van der Waals surface area (Å²) in [5.74, 6) is 1.06. The summed E-state index contributed by atoms with van der Waals surface area (Å²) in [6, 6.07) is 0. The molecule has 0 spiro atoms. The van der Waals surface area contributed by atoms with Gasteiger partial charge in [-0.1, -0.05) is 30.8 Å². The van der Waals surface area contributed by atoms with Gasteiger partial charge in [-0.2, -0.15) is 0 Å². The molecule has 3 heteroatoms. The van der Waals surface area contributed by atoms with E-state index in [-0.39, 0.29) is 0 Å².